The summed E-state index contributed by atoms with van der Waals surface area (Å²) in [5, 5.41) is 11.0. The topological polar surface area (TPSA) is 67.3 Å². The second-order valence-electron chi connectivity index (χ2n) is 4.07. The number of aromatic nitrogens is 2. The van der Waals surface area contributed by atoms with Crippen LogP contribution in [-0.2, 0) is 9.53 Å². The Hall–Kier alpha value is -1.40. The largest absolute Gasteiger partial charge is 0.377 e. The molecule has 1 atom stereocenters. The lowest BCUT2D eigenvalue weighted by molar-refractivity contribution is -0.119. The quantitative estimate of drug-likeness (QED) is 0.865. The van der Waals surface area contributed by atoms with Crippen molar-refractivity contribution >= 4 is 23.3 Å². The summed E-state index contributed by atoms with van der Waals surface area (Å²) in [6.07, 6.45) is 0. The van der Waals surface area contributed by atoms with Crippen LogP contribution < -0.4 is 10.2 Å². The first-order chi connectivity index (χ1) is 8.66. The molecule has 1 N–H and O–H groups in total. The molecule has 0 unspecified atom stereocenters. The molecule has 6 nitrogen and oxygen atoms in total. The number of hydrogen-bond acceptors (Lipinski definition) is 5. The summed E-state index contributed by atoms with van der Waals surface area (Å²) in [5.74, 6) is 0.695. The van der Waals surface area contributed by atoms with Crippen molar-refractivity contribution in [3.63, 3.8) is 0 Å². The van der Waals surface area contributed by atoms with Crippen molar-refractivity contribution in [3.05, 3.63) is 17.3 Å². The minimum Gasteiger partial charge on any atom is -0.377 e. The molecule has 0 spiro atoms. The molecule has 0 saturated carbocycles. The standard InChI is InChI=1S/C11H15ClN4O2/c1-8(17)13-6-9-7-18-5-4-16(9)11-3-2-10(12)14-15-11/h2-3,9H,4-7H2,1H3,(H,13,17)/t9-/m1/s1. The van der Waals surface area contributed by atoms with E-state index < -0.39 is 0 Å². The summed E-state index contributed by atoms with van der Waals surface area (Å²) < 4.78 is 5.42. The second-order valence-corrected chi connectivity index (χ2v) is 4.46. The molecule has 0 bridgehead atoms. The van der Waals surface area contributed by atoms with Crippen molar-refractivity contribution in [2.45, 2.75) is 13.0 Å². The van der Waals surface area contributed by atoms with Gasteiger partial charge >= 0.3 is 0 Å². The zero-order valence-electron chi connectivity index (χ0n) is 10.1. The molecule has 1 aliphatic heterocycles. The van der Waals surface area contributed by atoms with Crippen LogP contribution in [0.15, 0.2) is 12.1 Å². The number of morpholine rings is 1. The van der Waals surface area contributed by atoms with Crippen LogP contribution in [0.5, 0.6) is 0 Å². The molecule has 1 fully saturated rings. The molecule has 0 aliphatic carbocycles. The summed E-state index contributed by atoms with van der Waals surface area (Å²) in [7, 11) is 0. The van der Waals surface area contributed by atoms with Crippen LogP contribution in [0.25, 0.3) is 0 Å². The molecule has 18 heavy (non-hydrogen) atoms. The minimum atomic E-state index is -0.0530. The fraction of sp³-hybridized carbons (Fsp3) is 0.545. The molecular weight excluding hydrogens is 256 g/mol. The van der Waals surface area contributed by atoms with Gasteiger partial charge in [0.1, 0.15) is 0 Å². The van der Waals surface area contributed by atoms with Gasteiger partial charge in [-0.1, -0.05) is 11.6 Å². The molecule has 1 saturated heterocycles. The highest BCUT2D eigenvalue weighted by Gasteiger charge is 2.24. The maximum Gasteiger partial charge on any atom is 0.216 e. The number of hydrogen-bond donors (Lipinski definition) is 1. The van der Waals surface area contributed by atoms with Gasteiger partial charge in [0.05, 0.1) is 19.3 Å². The Bertz CT molecular complexity index is 412. The Morgan fingerprint density at radius 3 is 3.11 bits per heavy atom. The smallest absolute Gasteiger partial charge is 0.216 e. The molecule has 1 aliphatic rings. The number of anilines is 1. The van der Waals surface area contributed by atoms with E-state index in [1.807, 2.05) is 6.07 Å². The zero-order valence-corrected chi connectivity index (χ0v) is 10.9. The van der Waals surface area contributed by atoms with E-state index >= 15 is 0 Å². The van der Waals surface area contributed by atoms with Gasteiger partial charge < -0.3 is 15.0 Å². The number of amides is 1. The van der Waals surface area contributed by atoms with Gasteiger partial charge in [-0.25, -0.2) is 0 Å². The van der Waals surface area contributed by atoms with Crippen molar-refractivity contribution in [3.8, 4) is 0 Å². The van der Waals surface area contributed by atoms with Gasteiger partial charge in [-0.3, -0.25) is 4.79 Å². The number of rotatable bonds is 3. The number of carbonyl (C=O) groups excluding carboxylic acids is 1. The van der Waals surface area contributed by atoms with E-state index in [0.717, 1.165) is 12.4 Å². The van der Waals surface area contributed by atoms with E-state index in [0.29, 0.717) is 24.9 Å². The molecule has 1 aromatic rings. The Balaban J connectivity index is 2.07. The Morgan fingerprint density at radius 2 is 2.44 bits per heavy atom. The van der Waals surface area contributed by atoms with Gasteiger partial charge in [0, 0.05) is 20.0 Å². The van der Waals surface area contributed by atoms with Crippen molar-refractivity contribution < 1.29 is 9.53 Å². The lowest BCUT2D eigenvalue weighted by atomic mass is 10.2. The number of ether oxygens (including phenoxy) is 1. The third-order valence-corrected chi connectivity index (χ3v) is 2.93. The molecule has 98 valence electrons. The highest BCUT2D eigenvalue weighted by atomic mass is 35.5. The fourth-order valence-electron chi connectivity index (χ4n) is 1.85. The number of nitrogens with one attached hydrogen (secondary N) is 1. The van der Waals surface area contributed by atoms with Crippen LogP contribution in [0.3, 0.4) is 0 Å². The minimum absolute atomic E-state index is 0.0530. The first kappa shape index (κ1) is 13.0. The lowest BCUT2D eigenvalue weighted by Gasteiger charge is -2.36. The monoisotopic (exact) mass is 270 g/mol. The van der Waals surface area contributed by atoms with Crippen molar-refractivity contribution in [2.75, 3.05) is 31.2 Å². The Morgan fingerprint density at radius 1 is 1.61 bits per heavy atom. The zero-order chi connectivity index (χ0) is 13.0. The van der Waals surface area contributed by atoms with E-state index in [2.05, 4.69) is 20.4 Å². The van der Waals surface area contributed by atoms with E-state index in [9.17, 15) is 4.79 Å². The first-order valence-electron chi connectivity index (χ1n) is 5.75. The van der Waals surface area contributed by atoms with E-state index in [-0.39, 0.29) is 11.9 Å². The van der Waals surface area contributed by atoms with Crippen LogP contribution >= 0.6 is 11.6 Å². The van der Waals surface area contributed by atoms with Gasteiger partial charge in [0.2, 0.25) is 5.91 Å². The SMILES string of the molecule is CC(=O)NC[C@@H]1COCCN1c1ccc(Cl)nn1. The Kier molecular flexibility index (Phi) is 4.33. The second kappa shape index (κ2) is 5.97. The first-order valence-corrected chi connectivity index (χ1v) is 6.12. The van der Waals surface area contributed by atoms with Crippen LogP contribution in [0.1, 0.15) is 6.92 Å². The summed E-state index contributed by atoms with van der Waals surface area (Å²) >= 11 is 5.72. The molecule has 2 rings (SSSR count). The fourth-order valence-corrected chi connectivity index (χ4v) is 1.95. The average molecular weight is 271 g/mol. The van der Waals surface area contributed by atoms with Crippen LogP contribution in [0.4, 0.5) is 5.82 Å². The van der Waals surface area contributed by atoms with Crippen molar-refractivity contribution in [1.29, 1.82) is 0 Å². The number of nitrogens with zero attached hydrogens (tertiary/aromatic N) is 3. The molecule has 1 amide bonds. The van der Waals surface area contributed by atoms with Crippen molar-refractivity contribution in [2.24, 2.45) is 0 Å². The maximum absolute atomic E-state index is 11.0. The maximum atomic E-state index is 11.0. The van der Waals surface area contributed by atoms with Gasteiger partial charge in [0.15, 0.2) is 11.0 Å². The van der Waals surface area contributed by atoms with E-state index in [4.69, 9.17) is 16.3 Å². The normalized spacial score (nSPS) is 19.7. The van der Waals surface area contributed by atoms with Crippen LogP contribution in [0, 0.1) is 0 Å². The molecule has 7 heteroatoms. The van der Waals surface area contributed by atoms with Gasteiger partial charge in [-0.05, 0) is 12.1 Å². The number of carbonyl (C=O) groups is 1. The number of halogens is 1. The van der Waals surface area contributed by atoms with Crippen molar-refractivity contribution in [1.82, 2.24) is 15.5 Å². The summed E-state index contributed by atoms with van der Waals surface area (Å²) in [6, 6.07) is 3.59. The third kappa shape index (κ3) is 3.30. The molecule has 2 heterocycles. The van der Waals surface area contributed by atoms with Gasteiger partial charge in [-0.15, -0.1) is 10.2 Å². The van der Waals surface area contributed by atoms with E-state index in [1.54, 1.807) is 6.07 Å². The van der Waals surface area contributed by atoms with Gasteiger partial charge in [-0.2, -0.15) is 0 Å². The molecule has 0 radical (unpaired) electrons. The van der Waals surface area contributed by atoms with Gasteiger partial charge in [0.25, 0.3) is 0 Å². The lowest BCUT2D eigenvalue weighted by Crippen LogP contribution is -2.51. The molecular formula is C11H15ClN4O2. The summed E-state index contributed by atoms with van der Waals surface area (Å²) in [4.78, 5) is 13.0. The Labute approximate surface area is 110 Å². The highest BCUT2D eigenvalue weighted by molar-refractivity contribution is 6.29. The molecule has 1 aromatic heterocycles. The summed E-state index contributed by atoms with van der Waals surface area (Å²) in [5.41, 5.74) is 0. The summed E-state index contributed by atoms with van der Waals surface area (Å²) in [6.45, 7) is 3.95. The predicted octanol–water partition coefficient (Wildman–Crippen LogP) is 0.471. The average Bonchev–Trinajstić information content (AvgIpc) is 2.38. The predicted molar refractivity (Wildman–Crippen MR) is 67.7 cm³/mol. The molecule has 0 aromatic carbocycles. The highest BCUT2D eigenvalue weighted by Crippen LogP contribution is 2.17. The van der Waals surface area contributed by atoms with E-state index in [1.165, 1.54) is 6.92 Å². The van der Waals surface area contributed by atoms with Crippen LogP contribution in [0.2, 0.25) is 5.15 Å². The van der Waals surface area contributed by atoms with Crippen LogP contribution in [-0.4, -0.2) is 48.4 Å². The third-order valence-electron chi connectivity index (χ3n) is 2.73.